The van der Waals surface area contributed by atoms with E-state index in [4.69, 9.17) is 5.26 Å². The second-order valence-electron chi connectivity index (χ2n) is 5.27. The minimum Gasteiger partial charge on any atom is -0.333 e. The Bertz CT molecular complexity index is 404. The molecule has 0 aromatic heterocycles. The molecule has 2 amide bonds. The third-order valence-electron chi connectivity index (χ3n) is 3.84. The Morgan fingerprint density at radius 3 is 2.79 bits per heavy atom. The van der Waals surface area contributed by atoms with Gasteiger partial charge in [-0.1, -0.05) is 0 Å². The fourth-order valence-corrected chi connectivity index (χ4v) is 2.67. The van der Waals surface area contributed by atoms with Crippen LogP contribution >= 0.6 is 0 Å². The van der Waals surface area contributed by atoms with Gasteiger partial charge in [-0.2, -0.15) is 5.26 Å². The third kappa shape index (κ3) is 3.04. The zero-order valence-corrected chi connectivity index (χ0v) is 11.3. The molecule has 0 spiro atoms. The van der Waals surface area contributed by atoms with Crippen molar-refractivity contribution in [3.63, 3.8) is 0 Å². The van der Waals surface area contributed by atoms with Gasteiger partial charge in [0.2, 0.25) is 0 Å². The molecule has 1 N–H and O–H groups in total. The Labute approximate surface area is 113 Å². The number of carbonyl (C=O) groups is 2. The first-order chi connectivity index (χ1) is 9.13. The number of nitrogens with one attached hydrogen (secondary N) is 1. The number of nitriles is 1. The first-order valence-corrected chi connectivity index (χ1v) is 6.83. The lowest BCUT2D eigenvalue weighted by atomic mass is 9.99. The van der Waals surface area contributed by atoms with Crippen molar-refractivity contribution >= 4 is 11.8 Å². The van der Waals surface area contributed by atoms with E-state index >= 15 is 0 Å². The summed E-state index contributed by atoms with van der Waals surface area (Å²) in [5, 5.41) is 12.1. The topological polar surface area (TPSA) is 76.4 Å². The van der Waals surface area contributed by atoms with Crippen molar-refractivity contribution in [2.45, 2.75) is 25.8 Å². The summed E-state index contributed by atoms with van der Waals surface area (Å²) < 4.78 is 0. The van der Waals surface area contributed by atoms with Crippen LogP contribution in [0.3, 0.4) is 0 Å². The maximum absolute atomic E-state index is 12.2. The molecular formula is C13H20N4O2. The number of hydrogen-bond donors (Lipinski definition) is 1. The van der Waals surface area contributed by atoms with E-state index in [1.54, 1.807) is 4.90 Å². The van der Waals surface area contributed by atoms with Crippen LogP contribution in [0.5, 0.6) is 0 Å². The van der Waals surface area contributed by atoms with Gasteiger partial charge in [0, 0.05) is 38.8 Å². The minimum absolute atomic E-state index is 0.0433. The summed E-state index contributed by atoms with van der Waals surface area (Å²) >= 11 is 0. The van der Waals surface area contributed by atoms with Crippen molar-refractivity contribution in [1.29, 1.82) is 5.26 Å². The lowest BCUT2D eigenvalue weighted by molar-refractivity contribution is -0.154. The maximum atomic E-state index is 12.2. The molecule has 19 heavy (non-hydrogen) atoms. The van der Waals surface area contributed by atoms with Gasteiger partial charge < -0.3 is 15.1 Å². The summed E-state index contributed by atoms with van der Waals surface area (Å²) in [6, 6.07) is 2.23. The number of rotatable bonds is 0. The first-order valence-electron chi connectivity index (χ1n) is 6.83. The average Bonchev–Trinajstić information content (AvgIpc) is 2.46. The molecule has 0 aromatic rings. The molecule has 2 saturated heterocycles. The van der Waals surface area contributed by atoms with Crippen LogP contribution in [0.25, 0.3) is 0 Å². The van der Waals surface area contributed by atoms with Crippen molar-refractivity contribution in [3.05, 3.63) is 0 Å². The molecule has 104 valence electrons. The fraction of sp³-hybridized carbons (Fsp3) is 0.769. The van der Waals surface area contributed by atoms with Crippen LogP contribution in [0.15, 0.2) is 0 Å². The normalized spacial score (nSPS) is 27.8. The van der Waals surface area contributed by atoms with E-state index in [9.17, 15) is 9.59 Å². The SMILES string of the molecule is C[C@@H]1CNCCN1C(=O)C(=O)N1CCCC(C#N)C1. The Hall–Kier alpha value is -1.61. The second kappa shape index (κ2) is 6.02. The largest absolute Gasteiger partial charge is 0.333 e. The van der Waals surface area contributed by atoms with Gasteiger partial charge in [-0.05, 0) is 19.8 Å². The van der Waals surface area contributed by atoms with Crippen LogP contribution < -0.4 is 5.32 Å². The van der Waals surface area contributed by atoms with Gasteiger partial charge in [-0.3, -0.25) is 9.59 Å². The molecule has 2 aliphatic heterocycles. The van der Waals surface area contributed by atoms with Gasteiger partial charge in [0.1, 0.15) is 0 Å². The lowest BCUT2D eigenvalue weighted by Gasteiger charge is -2.36. The van der Waals surface area contributed by atoms with Gasteiger partial charge in [0.05, 0.1) is 12.0 Å². The number of likely N-dealkylation sites (tertiary alicyclic amines) is 1. The Balaban J connectivity index is 1.98. The standard InChI is InChI=1S/C13H20N4O2/c1-10-8-15-4-6-17(10)13(19)12(18)16-5-2-3-11(7-14)9-16/h10-11,15H,2-6,8-9H2,1H3/t10-,11?/m1/s1. The smallest absolute Gasteiger partial charge is 0.312 e. The predicted molar refractivity (Wildman–Crippen MR) is 69.0 cm³/mol. The number of hydrogen-bond acceptors (Lipinski definition) is 4. The van der Waals surface area contributed by atoms with E-state index in [-0.39, 0.29) is 12.0 Å². The number of carbonyl (C=O) groups excluding carboxylic acids is 2. The van der Waals surface area contributed by atoms with Gasteiger partial charge >= 0.3 is 11.8 Å². The zero-order chi connectivity index (χ0) is 13.8. The van der Waals surface area contributed by atoms with Crippen LogP contribution in [0.1, 0.15) is 19.8 Å². The van der Waals surface area contributed by atoms with Gasteiger partial charge in [-0.15, -0.1) is 0 Å². The lowest BCUT2D eigenvalue weighted by Crippen LogP contribution is -2.57. The molecule has 0 radical (unpaired) electrons. The van der Waals surface area contributed by atoms with Crippen molar-refractivity contribution in [2.24, 2.45) is 5.92 Å². The van der Waals surface area contributed by atoms with Gasteiger partial charge in [-0.25, -0.2) is 0 Å². The Kier molecular flexibility index (Phi) is 4.38. The molecule has 6 nitrogen and oxygen atoms in total. The molecule has 2 aliphatic rings. The maximum Gasteiger partial charge on any atom is 0.312 e. The average molecular weight is 264 g/mol. The zero-order valence-electron chi connectivity index (χ0n) is 11.3. The number of piperazine rings is 1. The van der Waals surface area contributed by atoms with Crippen LogP contribution in [0.4, 0.5) is 0 Å². The van der Waals surface area contributed by atoms with E-state index < -0.39 is 11.8 Å². The van der Waals surface area contributed by atoms with Gasteiger partial charge in [0.25, 0.3) is 0 Å². The Morgan fingerprint density at radius 1 is 1.32 bits per heavy atom. The van der Waals surface area contributed by atoms with Crippen molar-refractivity contribution in [1.82, 2.24) is 15.1 Å². The molecule has 6 heteroatoms. The molecule has 0 aromatic carbocycles. The fourth-order valence-electron chi connectivity index (χ4n) is 2.67. The van der Waals surface area contributed by atoms with Crippen molar-refractivity contribution < 1.29 is 9.59 Å². The summed E-state index contributed by atoms with van der Waals surface area (Å²) in [5.41, 5.74) is 0. The number of amides is 2. The highest BCUT2D eigenvalue weighted by molar-refractivity contribution is 6.35. The third-order valence-corrected chi connectivity index (χ3v) is 3.84. The van der Waals surface area contributed by atoms with Crippen LogP contribution in [0, 0.1) is 17.2 Å². The highest BCUT2D eigenvalue weighted by Gasteiger charge is 2.33. The molecule has 1 unspecified atom stereocenters. The molecule has 2 heterocycles. The van der Waals surface area contributed by atoms with E-state index in [1.165, 1.54) is 4.90 Å². The first kappa shape index (κ1) is 13.8. The van der Waals surface area contributed by atoms with E-state index in [0.717, 1.165) is 25.9 Å². The van der Waals surface area contributed by atoms with Crippen molar-refractivity contribution in [3.8, 4) is 6.07 Å². The molecule has 2 atom stereocenters. The van der Waals surface area contributed by atoms with E-state index in [2.05, 4.69) is 11.4 Å². The van der Waals surface area contributed by atoms with Crippen LogP contribution in [0.2, 0.25) is 0 Å². The van der Waals surface area contributed by atoms with E-state index in [0.29, 0.717) is 19.6 Å². The molecule has 2 fully saturated rings. The van der Waals surface area contributed by atoms with Gasteiger partial charge in [0.15, 0.2) is 0 Å². The van der Waals surface area contributed by atoms with E-state index in [1.807, 2.05) is 6.92 Å². The summed E-state index contributed by atoms with van der Waals surface area (Å²) in [6.45, 7) is 4.93. The molecule has 2 rings (SSSR count). The molecular weight excluding hydrogens is 244 g/mol. The van der Waals surface area contributed by atoms with Crippen molar-refractivity contribution in [2.75, 3.05) is 32.7 Å². The molecule has 0 bridgehead atoms. The molecule has 0 saturated carbocycles. The van der Waals surface area contributed by atoms with Crippen LogP contribution in [-0.4, -0.2) is 60.4 Å². The highest BCUT2D eigenvalue weighted by atomic mass is 16.2. The Morgan fingerprint density at radius 2 is 2.11 bits per heavy atom. The highest BCUT2D eigenvalue weighted by Crippen LogP contribution is 2.16. The predicted octanol–water partition coefficient (Wildman–Crippen LogP) is -0.431. The van der Waals surface area contributed by atoms with Crippen LogP contribution in [-0.2, 0) is 9.59 Å². The second-order valence-corrected chi connectivity index (χ2v) is 5.27. The quantitative estimate of drug-likeness (QED) is 0.602. The summed E-state index contributed by atoms with van der Waals surface area (Å²) in [5.74, 6) is -1.01. The monoisotopic (exact) mass is 264 g/mol. The minimum atomic E-state index is -0.450. The molecule has 0 aliphatic carbocycles. The number of piperidine rings is 1. The summed E-state index contributed by atoms with van der Waals surface area (Å²) in [4.78, 5) is 27.6. The number of nitrogens with zero attached hydrogens (tertiary/aromatic N) is 3. The summed E-state index contributed by atoms with van der Waals surface area (Å²) in [6.07, 6.45) is 1.62. The summed E-state index contributed by atoms with van der Waals surface area (Å²) in [7, 11) is 0.